The number of anilines is 1. The first-order valence-corrected chi connectivity index (χ1v) is 4.38. The van der Waals surface area contributed by atoms with Crippen LogP contribution in [0.15, 0.2) is 30.3 Å². The molecule has 1 rings (SSSR count). The summed E-state index contributed by atoms with van der Waals surface area (Å²) in [5.74, 6) is 0. The Morgan fingerprint density at radius 1 is 1.46 bits per heavy atom. The Bertz CT molecular complexity index is 235. The minimum absolute atomic E-state index is 0.639. The molecule has 0 aliphatic carbocycles. The zero-order valence-corrected chi connectivity index (χ0v) is 8.42. The maximum atomic E-state index is 9.09. The molecule has 0 spiro atoms. The quantitative estimate of drug-likeness (QED) is 0.637. The van der Waals surface area contributed by atoms with E-state index in [0.29, 0.717) is 0 Å². The molecular weight excluding hydrogens is 184 g/mol. The Hall–Kier alpha value is -1.16. The Morgan fingerprint density at radius 3 is 2.31 bits per heavy atom. The first-order valence-electron chi connectivity index (χ1n) is 3.94. The van der Waals surface area contributed by atoms with Crippen molar-refractivity contribution in [3.05, 3.63) is 30.3 Å². The number of rotatable bonds is 2. The predicted octanol–water partition coefficient (Wildman–Crippen LogP) is 2.11. The van der Waals surface area contributed by atoms with Gasteiger partial charge in [-0.2, -0.15) is 0 Å². The summed E-state index contributed by atoms with van der Waals surface area (Å²) >= 11 is 3.10. The fraction of sp³-hybridized carbons (Fsp3) is 0.222. The van der Waals surface area contributed by atoms with Gasteiger partial charge in [0.15, 0.2) is 0 Å². The first-order chi connectivity index (χ1) is 6.16. The van der Waals surface area contributed by atoms with Crippen LogP contribution in [0.5, 0.6) is 0 Å². The molecule has 0 atom stereocenters. The molecular formula is C9H14N2OS. The molecule has 0 saturated heterocycles. The summed E-state index contributed by atoms with van der Waals surface area (Å²) in [6.07, 6.45) is 0. The zero-order chi connectivity index (χ0) is 10.1. The van der Waals surface area contributed by atoms with Gasteiger partial charge in [0.25, 0.3) is 5.24 Å². The number of hydrogen-bond acceptors (Lipinski definition) is 2. The average Bonchev–Trinajstić information content (AvgIpc) is 2.06. The Morgan fingerprint density at radius 2 is 1.92 bits per heavy atom. The Kier molecular flexibility index (Phi) is 6.82. The molecule has 0 heterocycles. The van der Waals surface area contributed by atoms with Gasteiger partial charge in [0.2, 0.25) is 0 Å². The first kappa shape index (κ1) is 11.8. The zero-order valence-electron chi connectivity index (χ0n) is 7.53. The van der Waals surface area contributed by atoms with Crippen LogP contribution in [0.25, 0.3) is 0 Å². The second-order valence-electron chi connectivity index (χ2n) is 2.23. The molecule has 3 N–H and O–H groups in total. The average molecular weight is 198 g/mol. The van der Waals surface area contributed by atoms with Crippen molar-refractivity contribution in [3.63, 3.8) is 0 Å². The lowest BCUT2D eigenvalue weighted by Crippen LogP contribution is -1.95. The van der Waals surface area contributed by atoms with E-state index in [1.165, 1.54) is 5.69 Å². The normalized spacial score (nSPS) is 8.15. The summed E-state index contributed by atoms with van der Waals surface area (Å²) in [6.45, 7) is 3.08. The van der Waals surface area contributed by atoms with Crippen molar-refractivity contribution < 1.29 is 4.79 Å². The standard InChI is InChI=1S/C8H11N.CH3NOS/c1-2-9-8-6-4-3-5-7-8;2-1(3)4/h3-7,9H,2H2,1H3;(H3,2,3,4). The molecule has 0 unspecified atom stereocenters. The van der Waals surface area contributed by atoms with Gasteiger partial charge in [0.1, 0.15) is 0 Å². The van der Waals surface area contributed by atoms with Crippen LogP contribution in [-0.2, 0) is 0 Å². The van der Waals surface area contributed by atoms with E-state index < -0.39 is 5.24 Å². The molecule has 4 heteroatoms. The minimum atomic E-state index is -0.639. The van der Waals surface area contributed by atoms with Gasteiger partial charge in [-0.15, -0.1) is 0 Å². The van der Waals surface area contributed by atoms with Crippen molar-refractivity contribution in [3.8, 4) is 0 Å². The van der Waals surface area contributed by atoms with Gasteiger partial charge in [-0.05, 0) is 19.1 Å². The van der Waals surface area contributed by atoms with E-state index in [1.54, 1.807) is 0 Å². The number of amides is 1. The van der Waals surface area contributed by atoms with Gasteiger partial charge in [-0.25, -0.2) is 0 Å². The number of benzene rings is 1. The second-order valence-corrected chi connectivity index (χ2v) is 2.68. The predicted molar refractivity (Wildman–Crippen MR) is 59.2 cm³/mol. The van der Waals surface area contributed by atoms with E-state index in [0.717, 1.165) is 6.54 Å². The molecule has 72 valence electrons. The number of carbonyl (C=O) groups is 1. The molecule has 1 aromatic carbocycles. The van der Waals surface area contributed by atoms with Crippen LogP contribution in [0.3, 0.4) is 0 Å². The van der Waals surface area contributed by atoms with E-state index in [2.05, 4.69) is 42.7 Å². The van der Waals surface area contributed by atoms with Crippen LogP contribution in [0.4, 0.5) is 10.5 Å². The molecule has 13 heavy (non-hydrogen) atoms. The summed E-state index contributed by atoms with van der Waals surface area (Å²) in [5, 5.41) is 2.57. The molecule has 1 amide bonds. The molecule has 1 aromatic rings. The highest BCUT2D eigenvalue weighted by atomic mass is 32.1. The number of para-hydroxylation sites is 1. The molecule has 3 nitrogen and oxygen atoms in total. The van der Waals surface area contributed by atoms with Crippen molar-refractivity contribution in [2.75, 3.05) is 11.9 Å². The molecule has 0 aliphatic rings. The maximum absolute atomic E-state index is 9.09. The number of nitrogens with one attached hydrogen (secondary N) is 1. The fourth-order valence-electron chi connectivity index (χ4n) is 0.760. The van der Waals surface area contributed by atoms with E-state index in [1.807, 2.05) is 18.2 Å². The number of thiol groups is 1. The molecule has 0 fully saturated rings. The number of primary amides is 1. The van der Waals surface area contributed by atoms with Gasteiger partial charge < -0.3 is 11.1 Å². The van der Waals surface area contributed by atoms with Crippen molar-refractivity contribution in [2.45, 2.75) is 6.92 Å². The van der Waals surface area contributed by atoms with Gasteiger partial charge >= 0.3 is 0 Å². The lowest BCUT2D eigenvalue weighted by Gasteiger charge is -1.99. The highest BCUT2D eigenvalue weighted by molar-refractivity contribution is 7.96. The number of carbonyl (C=O) groups excluding carboxylic acids is 1. The third-order valence-electron chi connectivity index (χ3n) is 1.15. The van der Waals surface area contributed by atoms with E-state index in [-0.39, 0.29) is 0 Å². The molecule has 0 aromatic heterocycles. The Balaban J connectivity index is 0.000000310. The minimum Gasteiger partial charge on any atom is -0.385 e. The largest absolute Gasteiger partial charge is 0.385 e. The van der Waals surface area contributed by atoms with Crippen LogP contribution in [-0.4, -0.2) is 11.8 Å². The summed E-state index contributed by atoms with van der Waals surface area (Å²) in [5.41, 5.74) is 5.53. The molecule has 0 saturated carbocycles. The number of hydrogen-bond donors (Lipinski definition) is 3. The van der Waals surface area contributed by atoms with E-state index in [4.69, 9.17) is 4.79 Å². The van der Waals surface area contributed by atoms with Gasteiger partial charge in [-0.1, -0.05) is 30.8 Å². The van der Waals surface area contributed by atoms with Crippen LogP contribution < -0.4 is 11.1 Å². The van der Waals surface area contributed by atoms with Gasteiger partial charge in [0.05, 0.1) is 0 Å². The van der Waals surface area contributed by atoms with Crippen LogP contribution in [0.2, 0.25) is 0 Å². The van der Waals surface area contributed by atoms with Gasteiger partial charge in [-0.3, -0.25) is 4.79 Å². The summed E-state index contributed by atoms with van der Waals surface area (Å²) in [6, 6.07) is 10.2. The van der Waals surface area contributed by atoms with E-state index >= 15 is 0 Å². The summed E-state index contributed by atoms with van der Waals surface area (Å²) < 4.78 is 0. The van der Waals surface area contributed by atoms with Crippen molar-refractivity contribution in [2.24, 2.45) is 5.73 Å². The summed E-state index contributed by atoms with van der Waals surface area (Å²) in [4.78, 5) is 9.09. The maximum Gasteiger partial charge on any atom is 0.273 e. The van der Waals surface area contributed by atoms with Crippen LogP contribution in [0, 0.1) is 0 Å². The van der Waals surface area contributed by atoms with Crippen molar-refractivity contribution >= 4 is 23.6 Å². The fourth-order valence-corrected chi connectivity index (χ4v) is 0.760. The second kappa shape index (κ2) is 7.49. The SMILES string of the molecule is CCNc1ccccc1.NC(=O)S. The van der Waals surface area contributed by atoms with Crippen molar-refractivity contribution in [1.29, 1.82) is 0 Å². The number of nitrogens with two attached hydrogens (primary N) is 1. The molecule has 0 radical (unpaired) electrons. The molecule has 0 bridgehead atoms. The lowest BCUT2D eigenvalue weighted by atomic mass is 10.3. The lowest BCUT2D eigenvalue weighted by molar-refractivity contribution is 0.267. The highest BCUT2D eigenvalue weighted by Gasteiger charge is 1.81. The third kappa shape index (κ3) is 8.75. The van der Waals surface area contributed by atoms with Crippen LogP contribution in [0.1, 0.15) is 6.92 Å². The van der Waals surface area contributed by atoms with E-state index in [9.17, 15) is 0 Å². The topological polar surface area (TPSA) is 55.1 Å². The van der Waals surface area contributed by atoms with Gasteiger partial charge in [0, 0.05) is 12.2 Å². The third-order valence-corrected chi connectivity index (χ3v) is 1.15. The molecule has 0 aliphatic heterocycles. The highest BCUT2D eigenvalue weighted by Crippen LogP contribution is 2.02. The Labute approximate surface area is 83.7 Å². The smallest absolute Gasteiger partial charge is 0.273 e. The monoisotopic (exact) mass is 198 g/mol. The van der Waals surface area contributed by atoms with Crippen molar-refractivity contribution in [1.82, 2.24) is 0 Å². The van der Waals surface area contributed by atoms with Crippen LogP contribution >= 0.6 is 12.6 Å². The summed E-state index contributed by atoms with van der Waals surface area (Å²) in [7, 11) is 0.